The van der Waals surface area contributed by atoms with E-state index in [1.165, 1.54) is 11.1 Å². The molecule has 0 bridgehead atoms. The lowest BCUT2D eigenvalue weighted by molar-refractivity contribution is 0.473. The minimum atomic E-state index is -0.191. The number of aryl methyl sites for hydroxylation is 1. The Bertz CT molecular complexity index is 318. The Balaban J connectivity index is 2.55. The molecule has 1 unspecified atom stereocenters. The van der Waals surface area contributed by atoms with Gasteiger partial charge in [-0.2, -0.15) is 0 Å². The van der Waals surface area contributed by atoms with Crippen LogP contribution >= 0.6 is 0 Å². The van der Waals surface area contributed by atoms with E-state index >= 15 is 0 Å². The summed E-state index contributed by atoms with van der Waals surface area (Å²) in [4.78, 5) is 0. The van der Waals surface area contributed by atoms with Gasteiger partial charge >= 0.3 is 0 Å². The maximum Gasteiger partial charge on any atom is 0.115 e. The summed E-state index contributed by atoms with van der Waals surface area (Å²) >= 11 is 0. The van der Waals surface area contributed by atoms with Gasteiger partial charge in [0.05, 0.1) is 0 Å². The second-order valence-corrected chi connectivity index (χ2v) is 3.76. The summed E-state index contributed by atoms with van der Waals surface area (Å²) in [5, 5.41) is 9.23. The van der Waals surface area contributed by atoms with Crippen LogP contribution < -0.4 is 5.73 Å². The standard InChI is InChI=1S/C10H13NO/c1-10(11)5-4-7-6-8(12)2-3-9(7)10/h2-3,6,12H,4-5,11H2,1H3. The highest BCUT2D eigenvalue weighted by atomic mass is 16.3. The molecule has 2 nitrogen and oxygen atoms in total. The Morgan fingerprint density at radius 1 is 1.50 bits per heavy atom. The number of aromatic hydroxyl groups is 1. The monoisotopic (exact) mass is 163 g/mol. The number of nitrogens with two attached hydrogens (primary N) is 1. The summed E-state index contributed by atoms with van der Waals surface area (Å²) in [5.41, 5.74) is 8.24. The van der Waals surface area contributed by atoms with Gasteiger partial charge in [0, 0.05) is 5.54 Å². The zero-order chi connectivity index (χ0) is 8.77. The fourth-order valence-electron chi connectivity index (χ4n) is 1.87. The molecular formula is C10H13NO. The summed E-state index contributed by atoms with van der Waals surface area (Å²) in [7, 11) is 0. The van der Waals surface area contributed by atoms with E-state index < -0.39 is 0 Å². The largest absolute Gasteiger partial charge is 0.508 e. The van der Waals surface area contributed by atoms with E-state index in [0.717, 1.165) is 12.8 Å². The second-order valence-electron chi connectivity index (χ2n) is 3.76. The molecular weight excluding hydrogens is 150 g/mol. The molecule has 0 saturated carbocycles. The van der Waals surface area contributed by atoms with E-state index in [1.54, 1.807) is 6.07 Å². The van der Waals surface area contributed by atoms with Gasteiger partial charge in [-0.05, 0) is 43.0 Å². The van der Waals surface area contributed by atoms with E-state index in [9.17, 15) is 5.11 Å². The average molecular weight is 163 g/mol. The lowest BCUT2D eigenvalue weighted by atomic mass is 9.96. The summed E-state index contributed by atoms with van der Waals surface area (Å²) in [5.74, 6) is 0.339. The molecule has 1 aromatic rings. The van der Waals surface area contributed by atoms with Crippen LogP contribution in [0.3, 0.4) is 0 Å². The van der Waals surface area contributed by atoms with Gasteiger partial charge < -0.3 is 10.8 Å². The van der Waals surface area contributed by atoms with Gasteiger partial charge in [0.1, 0.15) is 5.75 Å². The van der Waals surface area contributed by atoms with Crippen molar-refractivity contribution in [3.63, 3.8) is 0 Å². The number of rotatable bonds is 0. The highest BCUT2D eigenvalue weighted by Gasteiger charge is 2.29. The van der Waals surface area contributed by atoms with Crippen LogP contribution in [0.4, 0.5) is 0 Å². The van der Waals surface area contributed by atoms with Crippen LogP contribution in [0.25, 0.3) is 0 Å². The van der Waals surface area contributed by atoms with Crippen LogP contribution in [0.1, 0.15) is 24.5 Å². The third-order valence-electron chi connectivity index (χ3n) is 2.62. The number of phenols is 1. The predicted octanol–water partition coefficient (Wildman–Crippen LogP) is 1.51. The first-order valence-electron chi connectivity index (χ1n) is 4.21. The minimum Gasteiger partial charge on any atom is -0.508 e. The van der Waals surface area contributed by atoms with E-state index in [1.807, 2.05) is 19.1 Å². The van der Waals surface area contributed by atoms with E-state index in [2.05, 4.69) is 0 Å². The van der Waals surface area contributed by atoms with Crippen molar-refractivity contribution in [3.05, 3.63) is 29.3 Å². The highest BCUT2D eigenvalue weighted by molar-refractivity contribution is 5.42. The van der Waals surface area contributed by atoms with E-state index in [0.29, 0.717) is 5.75 Å². The zero-order valence-electron chi connectivity index (χ0n) is 7.17. The van der Waals surface area contributed by atoms with Gasteiger partial charge in [0.15, 0.2) is 0 Å². The van der Waals surface area contributed by atoms with Crippen molar-refractivity contribution >= 4 is 0 Å². The van der Waals surface area contributed by atoms with Gasteiger partial charge in [-0.15, -0.1) is 0 Å². The molecule has 0 amide bonds. The van der Waals surface area contributed by atoms with Gasteiger partial charge in [0.25, 0.3) is 0 Å². The van der Waals surface area contributed by atoms with Crippen LogP contribution in [0.2, 0.25) is 0 Å². The molecule has 2 rings (SSSR count). The first-order valence-corrected chi connectivity index (χ1v) is 4.21. The lowest BCUT2D eigenvalue weighted by Crippen LogP contribution is -2.29. The topological polar surface area (TPSA) is 46.2 Å². The van der Waals surface area contributed by atoms with Crippen LogP contribution in [0.5, 0.6) is 5.75 Å². The number of fused-ring (bicyclic) bond motifs is 1. The average Bonchev–Trinajstić information content (AvgIpc) is 2.27. The van der Waals surface area contributed by atoms with Crippen molar-refractivity contribution in [2.75, 3.05) is 0 Å². The van der Waals surface area contributed by atoms with Crippen molar-refractivity contribution in [2.45, 2.75) is 25.3 Å². The molecule has 0 fully saturated rings. The van der Waals surface area contributed by atoms with Gasteiger partial charge in [0.2, 0.25) is 0 Å². The minimum absolute atomic E-state index is 0.191. The summed E-state index contributed by atoms with van der Waals surface area (Å²) in [6, 6.07) is 5.44. The normalized spacial score (nSPS) is 27.2. The molecule has 64 valence electrons. The lowest BCUT2D eigenvalue weighted by Gasteiger charge is -2.18. The third-order valence-corrected chi connectivity index (χ3v) is 2.62. The van der Waals surface area contributed by atoms with Crippen LogP contribution in [-0.2, 0) is 12.0 Å². The summed E-state index contributed by atoms with van der Waals surface area (Å²) in [6.45, 7) is 2.04. The number of phenolic OH excluding ortho intramolecular Hbond substituents is 1. The number of hydrogen-bond acceptors (Lipinski definition) is 2. The second kappa shape index (κ2) is 2.23. The van der Waals surface area contributed by atoms with Crippen molar-refractivity contribution in [3.8, 4) is 5.75 Å². The highest BCUT2D eigenvalue weighted by Crippen LogP contribution is 2.35. The first-order chi connectivity index (χ1) is 5.59. The van der Waals surface area contributed by atoms with E-state index in [-0.39, 0.29) is 5.54 Å². The molecule has 0 radical (unpaired) electrons. The van der Waals surface area contributed by atoms with Crippen LogP contribution in [0, 0.1) is 0 Å². The number of hydrogen-bond donors (Lipinski definition) is 2. The Hall–Kier alpha value is -1.02. The Kier molecular flexibility index (Phi) is 1.42. The third kappa shape index (κ3) is 0.994. The van der Waals surface area contributed by atoms with E-state index in [4.69, 9.17) is 5.73 Å². The molecule has 1 aliphatic rings. The fourth-order valence-corrected chi connectivity index (χ4v) is 1.87. The maximum absolute atomic E-state index is 9.23. The molecule has 0 spiro atoms. The Morgan fingerprint density at radius 2 is 2.25 bits per heavy atom. The molecule has 0 heterocycles. The molecule has 1 aliphatic carbocycles. The van der Waals surface area contributed by atoms with Crippen LogP contribution in [0.15, 0.2) is 18.2 Å². The Labute approximate surface area is 72.0 Å². The quantitative estimate of drug-likeness (QED) is 0.609. The molecule has 2 heteroatoms. The molecule has 0 aromatic heterocycles. The molecule has 1 atom stereocenters. The van der Waals surface area contributed by atoms with Gasteiger partial charge in [-0.25, -0.2) is 0 Å². The van der Waals surface area contributed by atoms with Gasteiger partial charge in [-0.1, -0.05) is 6.07 Å². The molecule has 0 aliphatic heterocycles. The van der Waals surface area contributed by atoms with Crippen molar-refractivity contribution in [1.29, 1.82) is 0 Å². The smallest absolute Gasteiger partial charge is 0.115 e. The zero-order valence-corrected chi connectivity index (χ0v) is 7.17. The summed E-state index contributed by atoms with van der Waals surface area (Å²) < 4.78 is 0. The van der Waals surface area contributed by atoms with Crippen molar-refractivity contribution in [2.24, 2.45) is 5.73 Å². The first kappa shape index (κ1) is 7.62. The fraction of sp³-hybridized carbons (Fsp3) is 0.400. The van der Waals surface area contributed by atoms with Crippen molar-refractivity contribution in [1.82, 2.24) is 0 Å². The van der Waals surface area contributed by atoms with Crippen LogP contribution in [-0.4, -0.2) is 5.11 Å². The molecule has 1 aromatic carbocycles. The van der Waals surface area contributed by atoms with Crippen molar-refractivity contribution < 1.29 is 5.11 Å². The maximum atomic E-state index is 9.23. The SMILES string of the molecule is CC1(N)CCc2cc(O)ccc21. The summed E-state index contributed by atoms with van der Waals surface area (Å²) in [6.07, 6.45) is 1.96. The predicted molar refractivity (Wildman–Crippen MR) is 48.0 cm³/mol. The number of benzene rings is 1. The molecule has 12 heavy (non-hydrogen) atoms. The Morgan fingerprint density at radius 3 is 3.00 bits per heavy atom. The molecule has 3 N–H and O–H groups in total. The molecule has 0 saturated heterocycles. The van der Waals surface area contributed by atoms with Gasteiger partial charge in [-0.3, -0.25) is 0 Å².